The van der Waals surface area contributed by atoms with Crippen LogP contribution >= 0.6 is 0 Å². The number of nitriles is 1. The largest absolute Gasteiger partial charge is 0.478 e. The van der Waals surface area contributed by atoms with E-state index in [1.807, 2.05) is 47.5 Å². The molecule has 3 N–H and O–H groups in total. The molecular weight excluding hydrogens is 326 g/mol. The summed E-state index contributed by atoms with van der Waals surface area (Å²) in [6, 6.07) is 9.38. The fraction of sp³-hybridized carbons (Fsp3) is 0.333. The zero-order chi connectivity index (χ0) is 18.9. The molecule has 5 heteroatoms. The summed E-state index contributed by atoms with van der Waals surface area (Å²) in [4.78, 5) is 13.7. The van der Waals surface area contributed by atoms with Crippen LogP contribution in [0.2, 0.25) is 0 Å². The Kier molecular flexibility index (Phi) is 7.04. The molecule has 0 amide bonds. The summed E-state index contributed by atoms with van der Waals surface area (Å²) in [5.41, 5.74) is 8.18. The summed E-state index contributed by atoms with van der Waals surface area (Å²) in [7, 11) is 0. The number of unbranched alkanes of at least 4 members (excludes halogenated alkanes) is 2. The topological polar surface area (TPSA) is 90.4 Å². The van der Waals surface area contributed by atoms with E-state index in [4.69, 9.17) is 5.73 Å². The highest BCUT2D eigenvalue weighted by atomic mass is 16.4. The molecule has 2 rings (SSSR count). The van der Waals surface area contributed by atoms with Crippen molar-refractivity contribution < 1.29 is 9.90 Å². The summed E-state index contributed by atoms with van der Waals surface area (Å²) < 4.78 is 0. The number of aliphatic carboxylic acids is 1. The van der Waals surface area contributed by atoms with E-state index < -0.39 is 5.97 Å². The lowest BCUT2D eigenvalue weighted by atomic mass is 9.97. The standard InChI is InChI=1S/C21H25N3O2/c1-2-3-4-11-19(23)18(21(25)26)15-24-13-8-7-12-20(24)17-10-6-5-9-16(17)14-22/h5-10,12-13,20H,2-4,11,15,23H2,1H3,(H,25,26)/b19-18-. The predicted octanol–water partition coefficient (Wildman–Crippen LogP) is 3.86. The molecule has 1 aliphatic rings. The third kappa shape index (κ3) is 4.76. The average Bonchev–Trinajstić information content (AvgIpc) is 2.66. The number of nitrogens with zero attached hydrogens (tertiary/aromatic N) is 2. The molecule has 1 unspecified atom stereocenters. The molecule has 0 aliphatic carbocycles. The second-order valence-electron chi connectivity index (χ2n) is 6.31. The summed E-state index contributed by atoms with van der Waals surface area (Å²) in [5, 5.41) is 19.0. The number of rotatable bonds is 8. The van der Waals surface area contributed by atoms with E-state index in [9.17, 15) is 15.2 Å². The second kappa shape index (κ2) is 9.47. The maximum Gasteiger partial charge on any atom is 0.335 e. The Balaban J connectivity index is 2.28. The van der Waals surface area contributed by atoms with Crippen LogP contribution in [0.5, 0.6) is 0 Å². The molecule has 1 heterocycles. The van der Waals surface area contributed by atoms with Gasteiger partial charge in [0.05, 0.1) is 29.8 Å². The predicted molar refractivity (Wildman–Crippen MR) is 102 cm³/mol. The van der Waals surface area contributed by atoms with Gasteiger partial charge in [-0.3, -0.25) is 0 Å². The van der Waals surface area contributed by atoms with Gasteiger partial charge >= 0.3 is 5.97 Å². The van der Waals surface area contributed by atoms with Crippen LogP contribution in [0.1, 0.15) is 49.8 Å². The van der Waals surface area contributed by atoms with Crippen LogP contribution in [0.4, 0.5) is 0 Å². The lowest BCUT2D eigenvalue weighted by Gasteiger charge is -2.31. The monoisotopic (exact) mass is 351 g/mol. The maximum absolute atomic E-state index is 11.8. The van der Waals surface area contributed by atoms with Crippen molar-refractivity contribution in [2.75, 3.05) is 6.54 Å². The molecule has 0 aromatic heterocycles. The summed E-state index contributed by atoms with van der Waals surface area (Å²) in [6.45, 7) is 2.29. The molecule has 0 bridgehead atoms. The molecule has 1 atom stereocenters. The normalized spacial score (nSPS) is 16.9. The van der Waals surface area contributed by atoms with Crippen LogP contribution in [0, 0.1) is 11.3 Å². The van der Waals surface area contributed by atoms with Gasteiger partial charge in [0.2, 0.25) is 0 Å². The zero-order valence-electron chi connectivity index (χ0n) is 15.1. The third-order valence-corrected chi connectivity index (χ3v) is 4.48. The van der Waals surface area contributed by atoms with Crippen molar-refractivity contribution in [1.82, 2.24) is 4.90 Å². The SMILES string of the molecule is CCCCC/C(N)=C(\CN1C=CC=CC1c1ccccc1C#N)C(=O)O. The molecule has 0 saturated heterocycles. The summed E-state index contributed by atoms with van der Waals surface area (Å²) >= 11 is 0. The summed E-state index contributed by atoms with van der Waals surface area (Å²) in [6.07, 6.45) is 11.1. The minimum atomic E-state index is -0.991. The zero-order valence-corrected chi connectivity index (χ0v) is 15.1. The Morgan fingerprint density at radius 1 is 1.31 bits per heavy atom. The van der Waals surface area contributed by atoms with E-state index in [0.29, 0.717) is 17.7 Å². The smallest absolute Gasteiger partial charge is 0.335 e. The van der Waals surface area contributed by atoms with Gasteiger partial charge in [-0.2, -0.15) is 5.26 Å². The van der Waals surface area contributed by atoms with Gasteiger partial charge < -0.3 is 15.7 Å². The molecule has 0 saturated carbocycles. The number of carboxylic acids is 1. The van der Waals surface area contributed by atoms with E-state index in [-0.39, 0.29) is 18.2 Å². The number of hydrogen-bond donors (Lipinski definition) is 2. The van der Waals surface area contributed by atoms with Crippen molar-refractivity contribution >= 4 is 5.97 Å². The van der Waals surface area contributed by atoms with E-state index in [0.717, 1.165) is 24.8 Å². The minimum Gasteiger partial charge on any atom is -0.478 e. The molecule has 26 heavy (non-hydrogen) atoms. The lowest BCUT2D eigenvalue weighted by molar-refractivity contribution is -0.133. The third-order valence-electron chi connectivity index (χ3n) is 4.48. The number of benzene rings is 1. The van der Waals surface area contributed by atoms with Crippen molar-refractivity contribution in [3.63, 3.8) is 0 Å². The quantitative estimate of drug-likeness (QED) is 0.548. The van der Waals surface area contributed by atoms with Crippen molar-refractivity contribution in [2.24, 2.45) is 5.73 Å². The fourth-order valence-electron chi connectivity index (χ4n) is 3.03. The van der Waals surface area contributed by atoms with Crippen LogP contribution in [-0.2, 0) is 4.79 Å². The Bertz CT molecular complexity index is 772. The van der Waals surface area contributed by atoms with Gasteiger partial charge in [-0.1, -0.05) is 50.1 Å². The first-order valence-corrected chi connectivity index (χ1v) is 8.89. The van der Waals surface area contributed by atoms with Crippen LogP contribution < -0.4 is 5.73 Å². The van der Waals surface area contributed by atoms with Gasteiger partial charge in [0.25, 0.3) is 0 Å². The molecule has 0 fully saturated rings. The van der Waals surface area contributed by atoms with Gasteiger partial charge in [0.1, 0.15) is 0 Å². The highest BCUT2D eigenvalue weighted by Gasteiger charge is 2.23. The van der Waals surface area contributed by atoms with Crippen molar-refractivity contribution in [3.05, 3.63) is 71.1 Å². The van der Waals surface area contributed by atoms with Gasteiger partial charge in [-0.15, -0.1) is 0 Å². The Morgan fingerprint density at radius 2 is 2.08 bits per heavy atom. The molecule has 0 radical (unpaired) electrons. The fourth-order valence-corrected chi connectivity index (χ4v) is 3.03. The van der Waals surface area contributed by atoms with Crippen molar-refractivity contribution in [2.45, 2.75) is 38.6 Å². The molecule has 1 aromatic rings. The second-order valence-corrected chi connectivity index (χ2v) is 6.31. The van der Waals surface area contributed by atoms with Gasteiger partial charge in [0, 0.05) is 11.9 Å². The van der Waals surface area contributed by atoms with Gasteiger partial charge in [0.15, 0.2) is 0 Å². The molecule has 1 aromatic carbocycles. The maximum atomic E-state index is 11.8. The van der Waals surface area contributed by atoms with E-state index in [1.54, 1.807) is 6.07 Å². The molecular formula is C21H25N3O2. The molecule has 5 nitrogen and oxygen atoms in total. The first kappa shape index (κ1) is 19.3. The molecule has 136 valence electrons. The average molecular weight is 351 g/mol. The number of hydrogen-bond acceptors (Lipinski definition) is 4. The minimum absolute atomic E-state index is 0.193. The first-order chi connectivity index (χ1) is 12.6. The van der Waals surface area contributed by atoms with Gasteiger partial charge in [-0.25, -0.2) is 4.79 Å². The van der Waals surface area contributed by atoms with E-state index in [1.165, 1.54) is 0 Å². The summed E-state index contributed by atoms with van der Waals surface area (Å²) in [5.74, 6) is -0.991. The molecule has 1 aliphatic heterocycles. The van der Waals surface area contributed by atoms with Crippen molar-refractivity contribution in [1.29, 1.82) is 5.26 Å². The number of allylic oxidation sites excluding steroid dienone is 3. The van der Waals surface area contributed by atoms with Crippen molar-refractivity contribution in [3.8, 4) is 6.07 Å². The number of carboxylic acid groups (broad SMARTS) is 1. The highest BCUT2D eigenvalue weighted by molar-refractivity contribution is 5.88. The Morgan fingerprint density at radius 3 is 2.77 bits per heavy atom. The Labute approximate surface area is 154 Å². The molecule has 0 spiro atoms. The van der Waals surface area contributed by atoms with E-state index in [2.05, 4.69) is 13.0 Å². The number of carbonyl (C=O) groups is 1. The lowest BCUT2D eigenvalue weighted by Crippen LogP contribution is -2.30. The van der Waals surface area contributed by atoms with Crippen LogP contribution in [0.3, 0.4) is 0 Å². The van der Waals surface area contributed by atoms with Gasteiger partial charge in [-0.05, 0) is 30.5 Å². The van der Waals surface area contributed by atoms with Crippen LogP contribution in [0.15, 0.2) is 60.0 Å². The van der Waals surface area contributed by atoms with E-state index >= 15 is 0 Å². The van der Waals surface area contributed by atoms with Crippen LogP contribution in [-0.4, -0.2) is 22.5 Å². The highest BCUT2D eigenvalue weighted by Crippen LogP contribution is 2.29. The number of nitrogens with two attached hydrogens (primary N) is 1. The Hall–Kier alpha value is -3.00. The first-order valence-electron chi connectivity index (χ1n) is 8.89. The van der Waals surface area contributed by atoms with Crippen LogP contribution in [0.25, 0.3) is 0 Å².